The van der Waals surface area contributed by atoms with Crippen LogP contribution in [0.25, 0.3) is 0 Å². The Bertz CT molecular complexity index is 667. The van der Waals surface area contributed by atoms with Crippen molar-refractivity contribution < 1.29 is 9.84 Å². The van der Waals surface area contributed by atoms with E-state index in [0.29, 0.717) is 15.1 Å². The molecule has 0 bridgehead atoms. The molecule has 0 fully saturated rings. The summed E-state index contributed by atoms with van der Waals surface area (Å²) in [7, 11) is 1.62. The molecule has 0 aliphatic heterocycles. The Morgan fingerprint density at radius 2 is 1.81 bits per heavy atom. The van der Waals surface area contributed by atoms with Crippen LogP contribution < -0.4 is 4.74 Å². The van der Waals surface area contributed by atoms with Crippen molar-refractivity contribution in [2.45, 2.75) is 13.8 Å². The Morgan fingerprint density at radius 3 is 2.38 bits per heavy atom. The monoisotopic (exact) mass is 367 g/mol. The van der Waals surface area contributed by atoms with Gasteiger partial charge in [0.2, 0.25) is 0 Å². The fourth-order valence-corrected chi connectivity index (χ4v) is 2.66. The predicted octanol–water partition coefficient (Wildman–Crippen LogP) is 5.18. The molecule has 2 aromatic rings. The van der Waals surface area contributed by atoms with Crippen molar-refractivity contribution in [3.05, 3.63) is 50.5 Å². The molecule has 2 aromatic carbocycles. The third-order valence-corrected chi connectivity index (χ3v) is 4.81. The highest BCUT2D eigenvalue weighted by Gasteiger charge is 2.15. The molecule has 1 N–H and O–H groups in total. The van der Waals surface area contributed by atoms with Gasteiger partial charge in [0.05, 0.1) is 17.3 Å². The third kappa shape index (κ3) is 3.22. The van der Waals surface area contributed by atoms with Crippen LogP contribution in [0.15, 0.2) is 33.7 Å². The molecule has 0 aliphatic carbocycles. The maximum Gasteiger partial charge on any atom is 0.139 e. The van der Waals surface area contributed by atoms with Crippen LogP contribution in [0, 0.1) is 13.8 Å². The van der Waals surface area contributed by atoms with E-state index < -0.39 is 0 Å². The minimum absolute atomic E-state index is 0.145. The van der Waals surface area contributed by atoms with Crippen LogP contribution in [0.4, 0.5) is 5.69 Å². The first-order valence-corrected chi connectivity index (χ1v) is 7.48. The number of hydrogen-bond donors (Lipinski definition) is 1. The Labute approximate surface area is 137 Å². The lowest BCUT2D eigenvalue weighted by Gasteiger charge is -2.11. The zero-order chi connectivity index (χ0) is 15.6. The first kappa shape index (κ1) is 15.9. The van der Waals surface area contributed by atoms with E-state index in [-0.39, 0.29) is 5.75 Å². The van der Waals surface area contributed by atoms with E-state index in [0.717, 1.165) is 22.6 Å². The molecule has 3 nitrogen and oxygen atoms in total. The Kier molecular flexibility index (Phi) is 4.91. The van der Waals surface area contributed by atoms with E-state index in [4.69, 9.17) is 16.3 Å². The van der Waals surface area contributed by atoms with Crippen molar-refractivity contribution in [1.82, 2.24) is 0 Å². The number of ether oxygens (including phenoxy) is 1. The molecule has 0 heterocycles. The van der Waals surface area contributed by atoms with Gasteiger partial charge in [0.25, 0.3) is 0 Å². The van der Waals surface area contributed by atoms with Gasteiger partial charge in [-0.15, -0.1) is 0 Å². The van der Waals surface area contributed by atoms with E-state index in [2.05, 4.69) is 20.9 Å². The summed E-state index contributed by atoms with van der Waals surface area (Å²) in [5, 5.41) is 10.8. The van der Waals surface area contributed by atoms with Gasteiger partial charge in [0.1, 0.15) is 11.5 Å². The van der Waals surface area contributed by atoms with Gasteiger partial charge in [0, 0.05) is 16.8 Å². The SMILES string of the molecule is COc1ccc(N=Cc2c(C)c(Cl)c(C)c(Br)c2O)cc1. The zero-order valence-corrected chi connectivity index (χ0v) is 14.3. The minimum Gasteiger partial charge on any atom is -0.506 e. The summed E-state index contributed by atoms with van der Waals surface area (Å²) in [6.45, 7) is 3.71. The maximum atomic E-state index is 10.2. The number of phenols is 1. The van der Waals surface area contributed by atoms with Crippen molar-refractivity contribution in [3.8, 4) is 11.5 Å². The molecule has 21 heavy (non-hydrogen) atoms. The number of methoxy groups -OCH3 is 1. The fraction of sp³-hybridized carbons (Fsp3) is 0.188. The minimum atomic E-state index is 0.145. The molecule has 0 amide bonds. The fourth-order valence-electron chi connectivity index (χ4n) is 1.93. The summed E-state index contributed by atoms with van der Waals surface area (Å²) in [4.78, 5) is 4.37. The second kappa shape index (κ2) is 6.50. The molecule has 0 radical (unpaired) electrons. The van der Waals surface area contributed by atoms with Gasteiger partial charge in [0.15, 0.2) is 0 Å². The number of hydrogen-bond acceptors (Lipinski definition) is 3. The lowest BCUT2D eigenvalue weighted by molar-refractivity contribution is 0.415. The largest absolute Gasteiger partial charge is 0.506 e. The number of benzene rings is 2. The van der Waals surface area contributed by atoms with Gasteiger partial charge >= 0.3 is 0 Å². The molecule has 0 saturated carbocycles. The summed E-state index contributed by atoms with van der Waals surface area (Å²) < 4.78 is 5.69. The lowest BCUT2D eigenvalue weighted by atomic mass is 10.0. The number of phenolic OH excluding ortho intramolecular Hbond substituents is 1. The lowest BCUT2D eigenvalue weighted by Crippen LogP contribution is -1.94. The number of rotatable bonds is 3. The van der Waals surface area contributed by atoms with Crippen molar-refractivity contribution >= 4 is 39.4 Å². The van der Waals surface area contributed by atoms with E-state index in [1.165, 1.54) is 0 Å². The number of aliphatic imine (C=N–C) groups is 1. The van der Waals surface area contributed by atoms with E-state index in [9.17, 15) is 5.11 Å². The van der Waals surface area contributed by atoms with Gasteiger partial charge < -0.3 is 9.84 Å². The molecule has 0 spiro atoms. The summed E-state index contributed by atoms with van der Waals surface area (Å²) in [6.07, 6.45) is 1.61. The molecule has 0 aromatic heterocycles. The normalized spacial score (nSPS) is 11.1. The molecule has 5 heteroatoms. The first-order valence-electron chi connectivity index (χ1n) is 6.31. The summed E-state index contributed by atoms with van der Waals surface area (Å²) in [5.41, 5.74) is 2.98. The van der Waals surface area contributed by atoms with Gasteiger partial charge in [-0.3, -0.25) is 4.99 Å². The van der Waals surface area contributed by atoms with Crippen molar-refractivity contribution in [1.29, 1.82) is 0 Å². The van der Waals surface area contributed by atoms with Crippen molar-refractivity contribution in [3.63, 3.8) is 0 Å². The molecule has 110 valence electrons. The van der Waals surface area contributed by atoms with E-state index >= 15 is 0 Å². The van der Waals surface area contributed by atoms with Crippen LogP contribution in [0.5, 0.6) is 11.5 Å². The van der Waals surface area contributed by atoms with Gasteiger partial charge in [-0.05, 0) is 65.2 Å². The Hall–Kier alpha value is -1.52. The number of halogens is 2. The highest BCUT2D eigenvalue weighted by Crippen LogP contribution is 2.38. The second-order valence-corrected chi connectivity index (χ2v) is 5.77. The van der Waals surface area contributed by atoms with Crippen LogP contribution in [0.3, 0.4) is 0 Å². The molecule has 0 saturated heterocycles. The number of nitrogens with zero attached hydrogens (tertiary/aromatic N) is 1. The van der Waals surface area contributed by atoms with E-state index in [1.54, 1.807) is 13.3 Å². The second-order valence-electron chi connectivity index (χ2n) is 4.60. The van der Waals surface area contributed by atoms with Crippen LogP contribution in [0.2, 0.25) is 5.02 Å². The summed E-state index contributed by atoms with van der Waals surface area (Å²) in [5.74, 6) is 0.917. The first-order chi connectivity index (χ1) is 9.95. The van der Waals surface area contributed by atoms with Gasteiger partial charge in [-0.1, -0.05) is 11.6 Å². The van der Waals surface area contributed by atoms with Crippen LogP contribution in [-0.4, -0.2) is 18.4 Å². The molecule has 2 rings (SSSR count). The zero-order valence-electron chi connectivity index (χ0n) is 11.9. The van der Waals surface area contributed by atoms with Crippen molar-refractivity contribution in [2.75, 3.05) is 7.11 Å². The third-order valence-electron chi connectivity index (χ3n) is 3.27. The van der Waals surface area contributed by atoms with Gasteiger partial charge in [-0.25, -0.2) is 0 Å². The van der Waals surface area contributed by atoms with Crippen molar-refractivity contribution in [2.24, 2.45) is 4.99 Å². The topological polar surface area (TPSA) is 41.8 Å². The molecule has 0 aliphatic rings. The predicted molar refractivity (Wildman–Crippen MR) is 90.5 cm³/mol. The Balaban J connectivity index is 2.41. The maximum absolute atomic E-state index is 10.2. The average Bonchev–Trinajstić information content (AvgIpc) is 2.51. The average molecular weight is 369 g/mol. The molecule has 0 atom stereocenters. The molecule has 0 unspecified atom stereocenters. The quantitative estimate of drug-likeness (QED) is 0.758. The van der Waals surface area contributed by atoms with Crippen LogP contribution in [0.1, 0.15) is 16.7 Å². The highest BCUT2D eigenvalue weighted by atomic mass is 79.9. The highest BCUT2D eigenvalue weighted by molar-refractivity contribution is 9.10. The van der Waals surface area contributed by atoms with E-state index in [1.807, 2.05) is 38.1 Å². The van der Waals surface area contributed by atoms with Crippen LogP contribution >= 0.6 is 27.5 Å². The summed E-state index contributed by atoms with van der Waals surface area (Å²) >= 11 is 9.61. The smallest absolute Gasteiger partial charge is 0.139 e. The Morgan fingerprint density at radius 1 is 1.19 bits per heavy atom. The molecular weight excluding hydrogens is 354 g/mol. The standard InChI is InChI=1S/C16H15BrClNO2/c1-9-13(16(20)14(17)10(2)15(9)18)8-19-11-4-6-12(21-3)7-5-11/h4-8,20H,1-3H3. The van der Waals surface area contributed by atoms with Crippen LogP contribution in [-0.2, 0) is 0 Å². The van der Waals surface area contributed by atoms with Gasteiger partial charge in [-0.2, -0.15) is 0 Å². The summed E-state index contributed by atoms with van der Waals surface area (Å²) in [6, 6.07) is 7.34. The molecular formula is C16H15BrClNO2. The number of aromatic hydroxyl groups is 1.